The molecule has 7 heteroatoms. The molecule has 2 aliphatic heterocycles. The van der Waals surface area contributed by atoms with Crippen LogP contribution in [-0.4, -0.2) is 62.5 Å². The molecule has 1 N–H and O–H groups in total. The van der Waals surface area contributed by atoms with E-state index in [1.54, 1.807) is 17.2 Å². The average molecular weight is 367 g/mol. The van der Waals surface area contributed by atoms with Crippen LogP contribution in [-0.2, 0) is 4.79 Å². The van der Waals surface area contributed by atoms with E-state index in [2.05, 4.69) is 29.0 Å². The van der Waals surface area contributed by atoms with Gasteiger partial charge < -0.3 is 9.80 Å². The number of carbonyl (C=O) groups excluding carboxylic acids is 2. The summed E-state index contributed by atoms with van der Waals surface area (Å²) in [7, 11) is 0. The van der Waals surface area contributed by atoms with Crippen LogP contribution >= 0.6 is 0 Å². The second-order valence-corrected chi connectivity index (χ2v) is 7.83. The van der Waals surface area contributed by atoms with Crippen LogP contribution < -0.4 is 0 Å². The minimum Gasteiger partial charge on any atom is -0.340 e. The van der Waals surface area contributed by atoms with Crippen molar-refractivity contribution in [2.75, 3.05) is 19.6 Å². The van der Waals surface area contributed by atoms with Crippen molar-refractivity contribution in [3.8, 4) is 11.4 Å². The number of pyridine rings is 1. The fourth-order valence-electron chi connectivity index (χ4n) is 4.27. The van der Waals surface area contributed by atoms with Crippen LogP contribution in [0.3, 0.4) is 0 Å². The van der Waals surface area contributed by atoms with E-state index < -0.39 is 5.41 Å². The summed E-state index contributed by atoms with van der Waals surface area (Å²) in [4.78, 5) is 34.0. The lowest BCUT2D eigenvalue weighted by atomic mass is 9.78. The molecule has 1 atom stereocenters. The van der Waals surface area contributed by atoms with Gasteiger partial charge in [-0.1, -0.05) is 6.07 Å². The van der Waals surface area contributed by atoms with Crippen molar-refractivity contribution in [1.29, 1.82) is 0 Å². The van der Waals surface area contributed by atoms with Gasteiger partial charge in [0.2, 0.25) is 5.91 Å². The molecule has 7 nitrogen and oxygen atoms in total. The molecule has 0 bridgehead atoms. The molecule has 1 spiro atoms. The lowest BCUT2D eigenvalue weighted by Crippen LogP contribution is -2.52. The first kappa shape index (κ1) is 17.7. The van der Waals surface area contributed by atoms with Crippen LogP contribution in [0.2, 0.25) is 0 Å². The second kappa shape index (κ2) is 6.79. The topological polar surface area (TPSA) is 82.2 Å². The van der Waals surface area contributed by atoms with Crippen LogP contribution in [0.4, 0.5) is 0 Å². The second-order valence-electron chi connectivity index (χ2n) is 7.83. The van der Waals surface area contributed by atoms with E-state index in [1.165, 1.54) is 0 Å². The van der Waals surface area contributed by atoms with E-state index in [0.717, 1.165) is 31.5 Å². The smallest absolute Gasteiger partial charge is 0.271 e. The molecule has 2 aromatic heterocycles. The van der Waals surface area contributed by atoms with Gasteiger partial charge in [-0.25, -0.2) is 0 Å². The van der Waals surface area contributed by atoms with Crippen molar-refractivity contribution in [3.63, 3.8) is 0 Å². The Bertz CT molecular complexity index is 847. The molecule has 2 aromatic rings. The first-order valence-electron chi connectivity index (χ1n) is 9.57. The lowest BCUT2D eigenvalue weighted by molar-refractivity contribution is -0.147. The van der Waals surface area contributed by atoms with Gasteiger partial charge in [-0.2, -0.15) is 5.10 Å². The molecule has 0 aliphatic carbocycles. The van der Waals surface area contributed by atoms with E-state index in [0.29, 0.717) is 24.5 Å². The Morgan fingerprint density at radius 3 is 2.81 bits per heavy atom. The van der Waals surface area contributed by atoms with Crippen LogP contribution in [0.25, 0.3) is 11.4 Å². The van der Waals surface area contributed by atoms with Gasteiger partial charge in [0.15, 0.2) is 0 Å². The summed E-state index contributed by atoms with van der Waals surface area (Å²) in [6.07, 6.45) is 4.30. The Balaban J connectivity index is 1.50. The third-order valence-corrected chi connectivity index (χ3v) is 5.77. The molecule has 0 unspecified atom stereocenters. The van der Waals surface area contributed by atoms with Crippen LogP contribution in [0, 0.1) is 5.41 Å². The molecule has 27 heavy (non-hydrogen) atoms. The molecular weight excluding hydrogens is 342 g/mol. The standard InChI is InChI=1S/C20H25N5O2/c1-14(2)25-10-5-7-20(19(25)27)8-11-24(13-20)18(26)17-12-16(22-23-17)15-6-3-4-9-21-15/h3-4,6,9,12,14H,5,7-8,10-11,13H2,1-2H3,(H,22,23)/t20-/m1/s1. The molecule has 2 amide bonds. The SMILES string of the molecule is CC(C)N1CCC[C@]2(CCN(C(=O)c3cc(-c4ccccn4)n[nH]3)C2)C1=O. The van der Waals surface area contributed by atoms with Gasteiger partial charge in [0.1, 0.15) is 11.4 Å². The molecular formula is C20H25N5O2. The Kier molecular flexibility index (Phi) is 4.45. The zero-order valence-corrected chi connectivity index (χ0v) is 15.8. The molecule has 4 rings (SSSR count). The van der Waals surface area contributed by atoms with Crippen LogP contribution in [0.15, 0.2) is 30.5 Å². The Morgan fingerprint density at radius 1 is 1.22 bits per heavy atom. The number of hydrogen-bond acceptors (Lipinski definition) is 4. The van der Waals surface area contributed by atoms with E-state index in [4.69, 9.17) is 0 Å². The maximum absolute atomic E-state index is 13.0. The largest absolute Gasteiger partial charge is 0.340 e. The average Bonchev–Trinajstić information content (AvgIpc) is 3.32. The van der Waals surface area contributed by atoms with Crippen molar-refractivity contribution >= 4 is 11.8 Å². The molecule has 4 heterocycles. The van der Waals surface area contributed by atoms with E-state index >= 15 is 0 Å². The quantitative estimate of drug-likeness (QED) is 0.903. The van der Waals surface area contributed by atoms with Crippen molar-refractivity contribution in [1.82, 2.24) is 25.0 Å². The first-order chi connectivity index (χ1) is 13.0. The monoisotopic (exact) mass is 367 g/mol. The van der Waals surface area contributed by atoms with Gasteiger partial charge in [-0.3, -0.25) is 19.7 Å². The lowest BCUT2D eigenvalue weighted by Gasteiger charge is -2.41. The number of nitrogens with zero attached hydrogens (tertiary/aromatic N) is 4. The number of hydrogen-bond donors (Lipinski definition) is 1. The zero-order chi connectivity index (χ0) is 19.0. The highest BCUT2D eigenvalue weighted by Gasteiger charge is 2.50. The van der Waals surface area contributed by atoms with Crippen LogP contribution in [0.1, 0.15) is 43.6 Å². The third-order valence-electron chi connectivity index (χ3n) is 5.77. The number of likely N-dealkylation sites (tertiary alicyclic amines) is 2. The summed E-state index contributed by atoms with van der Waals surface area (Å²) >= 11 is 0. The number of aromatic nitrogens is 3. The van der Waals surface area contributed by atoms with Crippen molar-refractivity contribution in [2.24, 2.45) is 5.41 Å². The highest BCUT2D eigenvalue weighted by molar-refractivity contribution is 5.94. The number of aromatic amines is 1. The maximum Gasteiger partial charge on any atom is 0.271 e. The van der Waals surface area contributed by atoms with Gasteiger partial charge in [0.25, 0.3) is 5.91 Å². The number of nitrogens with one attached hydrogen (secondary N) is 1. The maximum atomic E-state index is 13.0. The summed E-state index contributed by atoms with van der Waals surface area (Å²) in [5.41, 5.74) is 1.40. The van der Waals surface area contributed by atoms with Gasteiger partial charge in [0, 0.05) is 31.9 Å². The van der Waals surface area contributed by atoms with Gasteiger partial charge in [0.05, 0.1) is 11.1 Å². The molecule has 0 aromatic carbocycles. The number of carbonyl (C=O) groups is 2. The number of H-pyrrole nitrogens is 1. The molecule has 0 saturated carbocycles. The number of rotatable bonds is 3. The van der Waals surface area contributed by atoms with Crippen molar-refractivity contribution in [2.45, 2.75) is 39.2 Å². The van der Waals surface area contributed by atoms with Gasteiger partial charge in [-0.05, 0) is 51.3 Å². The first-order valence-corrected chi connectivity index (χ1v) is 9.57. The Hall–Kier alpha value is -2.70. The minimum atomic E-state index is -0.415. The molecule has 142 valence electrons. The van der Waals surface area contributed by atoms with Gasteiger partial charge in [-0.15, -0.1) is 0 Å². The summed E-state index contributed by atoms with van der Waals surface area (Å²) in [6, 6.07) is 7.52. The van der Waals surface area contributed by atoms with Crippen molar-refractivity contribution in [3.05, 3.63) is 36.2 Å². The van der Waals surface area contributed by atoms with Crippen LogP contribution in [0.5, 0.6) is 0 Å². The Morgan fingerprint density at radius 2 is 2.07 bits per heavy atom. The molecule has 2 aliphatic rings. The fraction of sp³-hybridized carbons (Fsp3) is 0.500. The predicted molar refractivity (Wildman–Crippen MR) is 101 cm³/mol. The normalized spacial score (nSPS) is 22.9. The number of amides is 2. The zero-order valence-electron chi connectivity index (χ0n) is 15.8. The highest BCUT2D eigenvalue weighted by atomic mass is 16.2. The molecule has 0 radical (unpaired) electrons. The van der Waals surface area contributed by atoms with E-state index in [-0.39, 0.29) is 17.9 Å². The third kappa shape index (κ3) is 3.11. The van der Waals surface area contributed by atoms with Crippen molar-refractivity contribution < 1.29 is 9.59 Å². The minimum absolute atomic E-state index is 0.101. The summed E-state index contributed by atoms with van der Waals surface area (Å²) in [5.74, 6) is 0.105. The predicted octanol–water partition coefficient (Wildman–Crippen LogP) is 2.33. The molecule has 2 saturated heterocycles. The summed E-state index contributed by atoms with van der Waals surface area (Å²) in [5, 5.41) is 7.06. The highest BCUT2D eigenvalue weighted by Crippen LogP contribution is 2.41. The summed E-state index contributed by atoms with van der Waals surface area (Å²) < 4.78 is 0. The summed E-state index contributed by atoms with van der Waals surface area (Å²) in [6.45, 7) is 6.03. The Labute approximate surface area is 158 Å². The number of piperidine rings is 1. The van der Waals surface area contributed by atoms with E-state index in [9.17, 15) is 9.59 Å². The van der Waals surface area contributed by atoms with E-state index in [1.807, 2.05) is 23.1 Å². The van der Waals surface area contributed by atoms with Gasteiger partial charge >= 0.3 is 0 Å². The fourth-order valence-corrected chi connectivity index (χ4v) is 4.27. The molecule has 2 fully saturated rings.